The maximum atomic E-state index is 11.4. The van der Waals surface area contributed by atoms with Crippen molar-refractivity contribution >= 4 is 28.1 Å². The minimum atomic E-state index is -6.72. The average molecular weight is 527 g/mol. The Morgan fingerprint density at radius 2 is 1.38 bits per heavy atom. The number of alkyl halides is 6. The predicted molar refractivity (Wildman–Crippen MR) is 105 cm³/mol. The van der Waals surface area contributed by atoms with E-state index in [0.717, 1.165) is 15.9 Å². The van der Waals surface area contributed by atoms with Crippen molar-refractivity contribution in [2.24, 2.45) is 7.05 Å². The van der Waals surface area contributed by atoms with Crippen LogP contribution in [-0.2, 0) is 33.1 Å². The van der Waals surface area contributed by atoms with E-state index in [1.165, 1.54) is 5.69 Å². The van der Waals surface area contributed by atoms with Gasteiger partial charge in [0.25, 0.3) is 0 Å². The highest BCUT2D eigenvalue weighted by Crippen LogP contribution is 2.36. The first kappa shape index (κ1) is 28.1. The summed E-state index contributed by atoms with van der Waals surface area (Å²) in [6.45, 7) is 7.15. The lowest BCUT2D eigenvalue weighted by Crippen LogP contribution is -2.32. The Labute approximate surface area is 181 Å². The summed E-state index contributed by atoms with van der Waals surface area (Å²) in [4.78, 5) is 0. The second kappa shape index (κ2) is 9.48. The van der Waals surface area contributed by atoms with E-state index in [9.17, 15) is 43.2 Å². The van der Waals surface area contributed by atoms with Crippen LogP contribution in [0.3, 0.4) is 0 Å². The molecule has 2 aromatic rings. The summed E-state index contributed by atoms with van der Waals surface area (Å²) in [6, 6.07) is 11.4. The number of benzene rings is 1. The standard InChI is InChI=1S/C13H20N3Si.C2F6NO4S2/c1-15-13(11-17(2,3)4)10-16(14-15)12-8-6-5-7-9-12;3-1(4,5)14(10,11)9-15(12,13)2(6,7)8/h5-10H,11H2,1-4H3;/q+1;-1. The molecule has 0 spiro atoms. The summed E-state index contributed by atoms with van der Waals surface area (Å²) in [7, 11) is -12.5. The van der Waals surface area contributed by atoms with E-state index >= 15 is 0 Å². The molecule has 0 unspecified atom stereocenters. The summed E-state index contributed by atoms with van der Waals surface area (Å²) in [5, 5.41) is 4.52. The first-order valence-corrected chi connectivity index (χ1v) is 15.1. The van der Waals surface area contributed by atoms with Gasteiger partial charge in [0.2, 0.25) is 0 Å². The van der Waals surface area contributed by atoms with Gasteiger partial charge in [-0.3, -0.25) is 0 Å². The average Bonchev–Trinajstić information content (AvgIpc) is 2.92. The lowest BCUT2D eigenvalue weighted by Gasteiger charge is -2.22. The fraction of sp³-hybridized carbons (Fsp3) is 0.467. The number of hydrogen-bond donors (Lipinski definition) is 0. The lowest BCUT2D eigenvalue weighted by molar-refractivity contribution is -0.661. The first-order chi connectivity index (χ1) is 14.2. The molecule has 0 saturated carbocycles. The molecule has 8 nitrogen and oxygen atoms in total. The van der Waals surface area contributed by atoms with Crippen molar-refractivity contribution in [2.45, 2.75) is 36.7 Å². The molecule has 17 heteroatoms. The number of nitrogens with zero attached hydrogens (tertiary/aromatic N) is 4. The Kier molecular flexibility index (Phi) is 8.31. The number of hydrogen-bond acceptors (Lipinski definition) is 5. The van der Waals surface area contributed by atoms with Crippen LogP contribution >= 0.6 is 0 Å². The Morgan fingerprint density at radius 3 is 1.75 bits per heavy atom. The maximum absolute atomic E-state index is 11.4. The van der Waals surface area contributed by atoms with Crippen molar-refractivity contribution in [3.8, 4) is 5.69 Å². The van der Waals surface area contributed by atoms with Crippen LogP contribution in [0.2, 0.25) is 19.6 Å². The Morgan fingerprint density at radius 1 is 0.938 bits per heavy atom. The topological polar surface area (TPSA) is 104 Å². The molecule has 0 aliphatic rings. The number of aromatic nitrogens is 3. The largest absolute Gasteiger partial charge is 0.480 e. The molecule has 182 valence electrons. The molecule has 0 bridgehead atoms. The lowest BCUT2D eigenvalue weighted by atomic mass is 10.3. The highest BCUT2D eigenvalue weighted by atomic mass is 32.3. The predicted octanol–water partition coefficient (Wildman–Crippen LogP) is 3.18. The van der Waals surface area contributed by atoms with Crippen LogP contribution in [0.25, 0.3) is 9.81 Å². The van der Waals surface area contributed by atoms with Gasteiger partial charge in [0.05, 0.1) is 13.3 Å². The zero-order valence-corrected chi connectivity index (χ0v) is 19.8. The van der Waals surface area contributed by atoms with Crippen molar-refractivity contribution in [3.05, 3.63) is 46.4 Å². The van der Waals surface area contributed by atoms with Crippen LogP contribution in [0.15, 0.2) is 36.5 Å². The van der Waals surface area contributed by atoms with Crippen molar-refractivity contribution < 1.29 is 47.9 Å². The van der Waals surface area contributed by atoms with Gasteiger partial charge in [0.15, 0.2) is 37.6 Å². The highest BCUT2D eigenvalue weighted by molar-refractivity contribution is 8.13. The molecule has 0 fully saturated rings. The van der Waals surface area contributed by atoms with Crippen molar-refractivity contribution in [3.63, 3.8) is 0 Å². The SMILES string of the molecule is Cn1n[n+](-c2ccccc2)cc1C[Si](C)(C)C.O=S(=O)([N-]S(=O)(=O)C(F)(F)F)C(F)(F)F. The molecular formula is C15H20F6N4O4S2Si. The zero-order valence-electron chi connectivity index (χ0n) is 17.2. The Hall–Kier alpha value is -1.98. The smallest absolute Gasteiger partial charge is 0.421 e. The molecule has 1 aromatic carbocycles. The van der Waals surface area contributed by atoms with Gasteiger partial charge in [0, 0.05) is 6.04 Å². The molecule has 0 aliphatic carbocycles. The van der Waals surface area contributed by atoms with Crippen molar-refractivity contribution in [1.82, 2.24) is 9.90 Å². The van der Waals surface area contributed by atoms with Crippen LogP contribution in [0.4, 0.5) is 26.3 Å². The van der Waals surface area contributed by atoms with Gasteiger partial charge in [-0.1, -0.05) is 37.8 Å². The fourth-order valence-corrected chi connectivity index (χ4v) is 5.19. The third-order valence-electron chi connectivity index (χ3n) is 3.43. The van der Waals surface area contributed by atoms with Crippen LogP contribution in [-0.4, -0.2) is 45.8 Å². The van der Waals surface area contributed by atoms with Gasteiger partial charge in [0.1, 0.15) is 7.05 Å². The fourth-order valence-electron chi connectivity index (χ4n) is 2.08. The second-order valence-electron chi connectivity index (χ2n) is 7.57. The third-order valence-corrected chi connectivity index (χ3v) is 7.59. The van der Waals surface area contributed by atoms with E-state index in [4.69, 9.17) is 0 Å². The van der Waals surface area contributed by atoms with Gasteiger partial charge in [-0.2, -0.15) is 26.3 Å². The molecular weight excluding hydrogens is 506 g/mol. The molecule has 0 atom stereocenters. The minimum Gasteiger partial charge on any atom is -0.421 e. The van der Waals surface area contributed by atoms with Gasteiger partial charge in [-0.15, -0.1) is 9.36 Å². The molecule has 32 heavy (non-hydrogen) atoms. The van der Waals surface area contributed by atoms with E-state index in [0.29, 0.717) is 0 Å². The summed E-state index contributed by atoms with van der Waals surface area (Å²) in [5.41, 5.74) is -9.98. The molecule has 2 rings (SSSR count). The van der Waals surface area contributed by atoms with Gasteiger partial charge < -0.3 is 4.13 Å². The Balaban J connectivity index is 0.000000324. The summed E-state index contributed by atoms with van der Waals surface area (Å²) >= 11 is 0. The quantitative estimate of drug-likeness (QED) is 0.338. The second-order valence-corrected chi connectivity index (χ2v) is 16.5. The van der Waals surface area contributed by atoms with Gasteiger partial charge in [-0.05, 0) is 12.1 Å². The van der Waals surface area contributed by atoms with Gasteiger partial charge >= 0.3 is 11.0 Å². The minimum absolute atomic E-state index is 0.778. The molecule has 0 aliphatic heterocycles. The first-order valence-electron chi connectivity index (χ1n) is 8.53. The monoisotopic (exact) mass is 526 g/mol. The molecule has 0 radical (unpaired) electrons. The normalized spacial score (nSPS) is 13.4. The van der Waals surface area contributed by atoms with Crippen LogP contribution in [0.1, 0.15) is 5.69 Å². The number of para-hydroxylation sites is 1. The van der Waals surface area contributed by atoms with Crippen LogP contribution < -0.4 is 4.68 Å². The molecule has 0 amide bonds. The van der Waals surface area contributed by atoms with Crippen LogP contribution in [0.5, 0.6) is 0 Å². The number of aryl methyl sites for hydroxylation is 1. The van der Waals surface area contributed by atoms with E-state index in [-0.39, 0.29) is 0 Å². The number of sulfonamides is 2. The van der Waals surface area contributed by atoms with E-state index in [2.05, 4.69) is 43.2 Å². The van der Waals surface area contributed by atoms with Gasteiger partial charge in [-0.25, -0.2) is 16.8 Å². The van der Waals surface area contributed by atoms with E-state index < -0.39 is 39.1 Å². The van der Waals surface area contributed by atoms with Crippen LogP contribution in [0, 0.1) is 0 Å². The Bertz CT molecular complexity index is 1080. The highest BCUT2D eigenvalue weighted by Gasteiger charge is 2.46. The van der Waals surface area contributed by atoms with E-state index in [1.54, 1.807) is 0 Å². The number of rotatable bonds is 5. The summed E-state index contributed by atoms with van der Waals surface area (Å²) in [6.07, 6.45) is 2.15. The molecule has 1 heterocycles. The molecule has 0 saturated heterocycles. The number of halogens is 6. The van der Waals surface area contributed by atoms with Crippen molar-refractivity contribution in [1.29, 1.82) is 0 Å². The zero-order chi connectivity index (χ0) is 25.2. The van der Waals surface area contributed by atoms with E-state index in [1.807, 2.05) is 34.6 Å². The molecule has 0 N–H and O–H groups in total. The summed E-state index contributed by atoms with van der Waals surface area (Å²) < 4.78 is 113. The third kappa shape index (κ3) is 7.86. The maximum Gasteiger partial charge on any atom is 0.480 e. The summed E-state index contributed by atoms with van der Waals surface area (Å²) in [5.74, 6) is 0. The van der Waals surface area contributed by atoms with Crippen molar-refractivity contribution in [2.75, 3.05) is 0 Å². The molecule has 1 aromatic heterocycles.